The van der Waals surface area contributed by atoms with Gasteiger partial charge in [0, 0.05) is 5.69 Å². The van der Waals surface area contributed by atoms with Crippen molar-refractivity contribution in [1.29, 1.82) is 0 Å². The van der Waals surface area contributed by atoms with Crippen LogP contribution in [0.5, 0.6) is 5.75 Å². The molecule has 24 heavy (non-hydrogen) atoms. The lowest BCUT2D eigenvalue weighted by molar-refractivity contribution is 0.415. The molecule has 0 aliphatic carbocycles. The quantitative estimate of drug-likeness (QED) is 0.693. The highest BCUT2D eigenvalue weighted by Crippen LogP contribution is 2.32. The molecule has 7 nitrogen and oxygen atoms in total. The lowest BCUT2D eigenvalue weighted by atomic mass is 10.2. The van der Waals surface area contributed by atoms with Crippen LogP contribution in [-0.2, 0) is 10.0 Å². The zero-order chi connectivity index (χ0) is 17.3. The third kappa shape index (κ3) is 2.96. The van der Waals surface area contributed by atoms with Gasteiger partial charge in [0.15, 0.2) is 10.6 Å². The molecule has 0 spiro atoms. The number of para-hydroxylation sites is 1. The summed E-state index contributed by atoms with van der Waals surface area (Å²) in [6.45, 7) is 0. The first-order valence-electron chi connectivity index (χ1n) is 6.86. The van der Waals surface area contributed by atoms with Gasteiger partial charge in [0.05, 0.1) is 17.6 Å². The van der Waals surface area contributed by atoms with Gasteiger partial charge in [-0.2, -0.15) is 5.10 Å². The van der Waals surface area contributed by atoms with Gasteiger partial charge in [-0.1, -0.05) is 18.2 Å². The number of aromatic amines is 1. The van der Waals surface area contributed by atoms with Crippen LogP contribution in [0.2, 0.25) is 0 Å². The summed E-state index contributed by atoms with van der Waals surface area (Å²) in [5.41, 5.74) is 1.24. The highest BCUT2D eigenvalue weighted by atomic mass is 32.2. The summed E-state index contributed by atoms with van der Waals surface area (Å²) in [6.07, 6.45) is 0. The topological polar surface area (TPSA) is 103 Å². The van der Waals surface area contributed by atoms with Crippen molar-refractivity contribution in [2.45, 2.75) is 4.90 Å². The van der Waals surface area contributed by atoms with E-state index in [0.717, 1.165) is 5.69 Å². The van der Waals surface area contributed by atoms with Crippen LogP contribution in [0.25, 0.3) is 17.1 Å². The van der Waals surface area contributed by atoms with E-state index in [1.54, 1.807) is 4.57 Å². The number of H-pyrrole nitrogens is 1. The van der Waals surface area contributed by atoms with Crippen molar-refractivity contribution in [3.8, 4) is 22.8 Å². The van der Waals surface area contributed by atoms with E-state index in [4.69, 9.17) is 22.1 Å². The van der Waals surface area contributed by atoms with Gasteiger partial charge in [0.1, 0.15) is 5.75 Å². The predicted octanol–water partition coefficient (Wildman–Crippen LogP) is 2.25. The molecule has 9 heteroatoms. The van der Waals surface area contributed by atoms with Crippen LogP contribution < -0.4 is 9.88 Å². The summed E-state index contributed by atoms with van der Waals surface area (Å²) in [7, 11) is -2.37. The molecular weight excluding hydrogens is 348 g/mol. The smallest absolute Gasteiger partial charge is 0.238 e. The molecule has 0 saturated carbocycles. The van der Waals surface area contributed by atoms with Crippen molar-refractivity contribution in [3.63, 3.8) is 0 Å². The Bertz CT molecular complexity index is 1040. The number of sulfonamides is 1. The number of aromatic nitrogens is 3. The van der Waals surface area contributed by atoms with Crippen LogP contribution in [0.15, 0.2) is 53.4 Å². The van der Waals surface area contributed by atoms with Crippen molar-refractivity contribution in [1.82, 2.24) is 14.8 Å². The van der Waals surface area contributed by atoms with E-state index in [1.165, 1.54) is 25.3 Å². The van der Waals surface area contributed by atoms with Crippen LogP contribution >= 0.6 is 12.2 Å². The molecule has 0 bridgehead atoms. The van der Waals surface area contributed by atoms with Gasteiger partial charge in [0.2, 0.25) is 10.0 Å². The van der Waals surface area contributed by atoms with Crippen LogP contribution in [0.1, 0.15) is 0 Å². The van der Waals surface area contributed by atoms with Crippen LogP contribution in [0, 0.1) is 4.77 Å². The molecule has 0 aliphatic heterocycles. The van der Waals surface area contributed by atoms with Crippen molar-refractivity contribution >= 4 is 22.2 Å². The van der Waals surface area contributed by atoms with E-state index in [2.05, 4.69) is 10.2 Å². The van der Waals surface area contributed by atoms with Gasteiger partial charge < -0.3 is 4.74 Å². The van der Waals surface area contributed by atoms with Crippen molar-refractivity contribution in [3.05, 3.63) is 53.3 Å². The molecule has 1 aromatic heterocycles. The highest BCUT2D eigenvalue weighted by molar-refractivity contribution is 7.89. The van der Waals surface area contributed by atoms with E-state index in [-0.39, 0.29) is 4.90 Å². The first-order valence-corrected chi connectivity index (χ1v) is 8.81. The molecule has 1 heterocycles. The number of hydrogen-bond donors (Lipinski definition) is 2. The third-order valence-electron chi connectivity index (χ3n) is 3.43. The monoisotopic (exact) mass is 362 g/mol. The maximum absolute atomic E-state index is 11.7. The number of nitrogens with one attached hydrogen (secondary N) is 1. The fourth-order valence-electron chi connectivity index (χ4n) is 2.33. The fraction of sp³-hybridized carbons (Fsp3) is 0.0667. The molecule has 124 valence electrons. The van der Waals surface area contributed by atoms with Crippen LogP contribution in [0.3, 0.4) is 0 Å². The zero-order valence-electron chi connectivity index (χ0n) is 12.6. The Morgan fingerprint density at radius 2 is 1.92 bits per heavy atom. The number of rotatable bonds is 4. The van der Waals surface area contributed by atoms with E-state index < -0.39 is 10.0 Å². The minimum atomic E-state index is -3.86. The molecule has 2 aromatic carbocycles. The van der Waals surface area contributed by atoms with Crippen molar-refractivity contribution < 1.29 is 13.2 Å². The normalized spacial score (nSPS) is 11.4. The van der Waals surface area contributed by atoms with Crippen molar-refractivity contribution in [2.75, 3.05) is 7.11 Å². The molecule has 0 aliphatic rings. The van der Waals surface area contributed by atoms with E-state index >= 15 is 0 Å². The Balaban J connectivity index is 2.29. The Morgan fingerprint density at radius 1 is 1.21 bits per heavy atom. The van der Waals surface area contributed by atoms with Gasteiger partial charge >= 0.3 is 0 Å². The minimum absolute atomic E-state index is 0.0353. The molecule has 0 saturated heterocycles. The van der Waals surface area contributed by atoms with E-state index in [0.29, 0.717) is 21.9 Å². The Hall–Kier alpha value is -2.49. The molecule has 3 N–H and O–H groups in total. The number of nitrogens with zero attached hydrogens (tertiary/aromatic N) is 2. The Labute approximate surface area is 143 Å². The van der Waals surface area contributed by atoms with E-state index in [9.17, 15) is 8.42 Å². The first-order chi connectivity index (χ1) is 11.4. The molecule has 0 radical (unpaired) electrons. The van der Waals surface area contributed by atoms with Crippen LogP contribution in [0.4, 0.5) is 0 Å². The fourth-order valence-corrected chi connectivity index (χ4v) is 3.11. The summed E-state index contributed by atoms with van der Waals surface area (Å²) in [5, 5.41) is 12.2. The average Bonchev–Trinajstić information content (AvgIpc) is 2.95. The summed E-state index contributed by atoms with van der Waals surface area (Å²) in [6, 6.07) is 13.7. The zero-order valence-corrected chi connectivity index (χ0v) is 14.3. The van der Waals surface area contributed by atoms with Gasteiger partial charge in [-0.05, 0) is 42.5 Å². The lowest BCUT2D eigenvalue weighted by Gasteiger charge is -2.11. The van der Waals surface area contributed by atoms with Gasteiger partial charge in [0.25, 0.3) is 0 Å². The molecule has 3 aromatic rings. The van der Waals surface area contributed by atoms with Crippen LogP contribution in [-0.4, -0.2) is 30.3 Å². The number of primary sulfonamides is 1. The second kappa shape index (κ2) is 6.19. The number of benzene rings is 2. The molecule has 0 fully saturated rings. The SMILES string of the molecule is COc1ccc(S(N)(=O)=O)cc1-c1n[nH]c(=S)n1-c1ccccc1. The number of ether oxygens (including phenoxy) is 1. The summed E-state index contributed by atoms with van der Waals surface area (Å²) < 4.78 is 30.7. The van der Waals surface area contributed by atoms with Crippen molar-refractivity contribution in [2.24, 2.45) is 5.14 Å². The first kappa shape index (κ1) is 16.4. The summed E-state index contributed by atoms with van der Waals surface area (Å²) in [5.74, 6) is 0.877. The number of hydrogen-bond acceptors (Lipinski definition) is 5. The summed E-state index contributed by atoms with van der Waals surface area (Å²) >= 11 is 5.30. The Kier molecular flexibility index (Phi) is 4.22. The average molecular weight is 362 g/mol. The number of nitrogens with two attached hydrogens (primary N) is 1. The molecule has 0 unspecified atom stereocenters. The molecule has 0 atom stereocenters. The standard InChI is InChI=1S/C15H14N4O3S2/c1-22-13-8-7-11(24(16,20)21)9-12(13)14-17-18-15(23)19(14)10-5-3-2-4-6-10/h2-9H,1H3,(H,18,23)(H2,16,20,21). The predicted molar refractivity (Wildman–Crippen MR) is 92.1 cm³/mol. The maximum Gasteiger partial charge on any atom is 0.238 e. The van der Waals surface area contributed by atoms with E-state index in [1.807, 2.05) is 30.3 Å². The molecular formula is C15H14N4O3S2. The van der Waals surface area contributed by atoms with Gasteiger partial charge in [-0.25, -0.2) is 13.6 Å². The molecule has 0 amide bonds. The van der Waals surface area contributed by atoms with Gasteiger partial charge in [-0.15, -0.1) is 0 Å². The Morgan fingerprint density at radius 3 is 2.54 bits per heavy atom. The molecule has 3 rings (SSSR count). The summed E-state index contributed by atoms with van der Waals surface area (Å²) in [4.78, 5) is -0.0353. The number of methoxy groups -OCH3 is 1. The maximum atomic E-state index is 11.7. The minimum Gasteiger partial charge on any atom is -0.496 e. The lowest BCUT2D eigenvalue weighted by Crippen LogP contribution is -2.12. The second-order valence-corrected chi connectivity index (χ2v) is 6.88. The largest absolute Gasteiger partial charge is 0.496 e. The third-order valence-corrected chi connectivity index (χ3v) is 4.61. The highest BCUT2D eigenvalue weighted by Gasteiger charge is 2.18. The van der Waals surface area contributed by atoms with Gasteiger partial charge in [-0.3, -0.25) is 9.67 Å². The second-order valence-electron chi connectivity index (χ2n) is 4.93.